The number of likely N-dealkylation sites (N-methyl/N-ethyl adjacent to an activating group) is 1. The van der Waals surface area contributed by atoms with E-state index in [4.69, 9.17) is 0 Å². The van der Waals surface area contributed by atoms with Crippen molar-refractivity contribution in [1.29, 1.82) is 0 Å². The maximum Gasteiger partial charge on any atom is 1.00 e. The Labute approximate surface area is 325 Å². The summed E-state index contributed by atoms with van der Waals surface area (Å²) in [5, 5.41) is 0. The molecule has 47 heavy (non-hydrogen) atoms. The Morgan fingerprint density at radius 3 is 2.26 bits per heavy atom. The molecule has 2 aliphatic heterocycles. The van der Waals surface area contributed by atoms with Crippen LogP contribution in [0.4, 0.5) is 11.4 Å². The molecule has 2 aromatic carbocycles. The largest absolute Gasteiger partial charge is 1.00 e. The van der Waals surface area contributed by atoms with Gasteiger partial charge in [-0.3, -0.25) is 4.79 Å². The number of aryl methyl sites for hydroxylation is 1. The number of benzene rings is 2. The normalized spacial score (nSPS) is 17.8. The van der Waals surface area contributed by atoms with E-state index in [-0.39, 0.29) is 67.6 Å². The Hall–Kier alpha value is -1.91. The number of Topliss-reactive ketones (excluding diaryl/α,β-unsaturated/α-hetero) is 1. The predicted octanol–water partition coefficient (Wildman–Crippen LogP) is 5.44. The average Bonchev–Trinajstić information content (AvgIpc) is 3.33. The first-order valence-corrected chi connectivity index (χ1v) is 17.9. The fourth-order valence-corrected chi connectivity index (χ4v) is 7.20. The van der Waals surface area contributed by atoms with Crippen LogP contribution in [-0.2, 0) is 25.7 Å². The first-order chi connectivity index (χ1) is 21.6. The molecule has 0 fully saturated rings. The molecule has 0 aliphatic carbocycles. The van der Waals surface area contributed by atoms with E-state index >= 15 is 0 Å². The van der Waals surface area contributed by atoms with Crippen molar-refractivity contribution in [3.63, 3.8) is 0 Å². The van der Waals surface area contributed by atoms with Crippen molar-refractivity contribution in [2.24, 2.45) is 5.92 Å². The van der Waals surface area contributed by atoms with Gasteiger partial charge in [-0.25, -0.2) is 8.42 Å². The minimum atomic E-state index is -4.57. The summed E-state index contributed by atoms with van der Waals surface area (Å²) in [6.45, 7) is 18.5. The Kier molecular flexibility index (Phi) is 13.6. The zero-order chi connectivity index (χ0) is 33.9. The predicted molar refractivity (Wildman–Crippen MR) is 188 cm³/mol. The molecule has 0 saturated carbocycles. The van der Waals surface area contributed by atoms with Gasteiger partial charge in [0.05, 0.1) is 10.3 Å². The SMILES string of the molecule is CCN1C(=CC=CC=CC=CC2=[N+](CCCCCC(=O)C(C)C)c3ccc(S(=O)(=O)[O-])cc3C2(C)C)C(C)(C)c2cc(C)ccc21.[K+]. The second-order valence-corrected chi connectivity index (χ2v) is 15.2. The van der Waals surface area contributed by atoms with Gasteiger partial charge in [-0.05, 0) is 70.4 Å². The van der Waals surface area contributed by atoms with Gasteiger partial charge in [0.25, 0.3) is 0 Å². The van der Waals surface area contributed by atoms with E-state index in [0.717, 1.165) is 49.3 Å². The van der Waals surface area contributed by atoms with Gasteiger partial charge in [0, 0.05) is 59.8 Å². The summed E-state index contributed by atoms with van der Waals surface area (Å²) in [6.07, 6.45) is 17.7. The summed E-state index contributed by atoms with van der Waals surface area (Å²) in [4.78, 5) is 14.2. The summed E-state index contributed by atoms with van der Waals surface area (Å²) >= 11 is 0. The maximum atomic E-state index is 12.1. The van der Waals surface area contributed by atoms with Gasteiger partial charge >= 0.3 is 51.4 Å². The second-order valence-electron chi connectivity index (χ2n) is 13.8. The molecule has 8 heteroatoms. The third kappa shape index (κ3) is 8.82. The summed E-state index contributed by atoms with van der Waals surface area (Å²) in [5.74, 6) is 0.352. The number of hydrogen-bond donors (Lipinski definition) is 0. The molecule has 0 amide bonds. The number of nitrogens with zero attached hydrogens (tertiary/aromatic N) is 2. The topological polar surface area (TPSA) is 80.5 Å². The summed E-state index contributed by atoms with van der Waals surface area (Å²) in [7, 11) is -4.57. The Morgan fingerprint density at radius 2 is 1.60 bits per heavy atom. The van der Waals surface area contributed by atoms with Crippen molar-refractivity contribution < 1.29 is 73.7 Å². The smallest absolute Gasteiger partial charge is 0.744 e. The van der Waals surface area contributed by atoms with Gasteiger partial charge in [-0.1, -0.05) is 75.8 Å². The molecule has 0 radical (unpaired) electrons. The van der Waals surface area contributed by atoms with E-state index in [1.165, 1.54) is 34.6 Å². The molecule has 0 atom stereocenters. The molecule has 2 heterocycles. The fraction of sp³-hybridized carbons (Fsp3) is 0.436. The van der Waals surface area contributed by atoms with Gasteiger partial charge in [0.1, 0.15) is 22.4 Å². The minimum absolute atomic E-state index is 0. The van der Waals surface area contributed by atoms with Gasteiger partial charge in [-0.15, -0.1) is 0 Å². The van der Waals surface area contributed by atoms with Crippen LogP contribution in [0.5, 0.6) is 0 Å². The minimum Gasteiger partial charge on any atom is -0.744 e. The van der Waals surface area contributed by atoms with Crippen molar-refractivity contribution >= 4 is 33.0 Å². The van der Waals surface area contributed by atoms with Crippen molar-refractivity contribution in [1.82, 2.24) is 0 Å². The summed E-state index contributed by atoms with van der Waals surface area (Å²) in [6, 6.07) is 11.4. The van der Waals surface area contributed by atoms with E-state index < -0.39 is 15.5 Å². The van der Waals surface area contributed by atoms with Crippen LogP contribution < -0.4 is 56.3 Å². The number of unbranched alkanes of at least 4 members (excludes halogenated alkanes) is 2. The van der Waals surface area contributed by atoms with Gasteiger partial charge < -0.3 is 9.45 Å². The molecule has 2 aromatic rings. The van der Waals surface area contributed by atoms with Crippen LogP contribution in [0, 0.1) is 12.8 Å². The molecule has 4 rings (SSSR count). The van der Waals surface area contributed by atoms with Crippen LogP contribution in [-0.4, -0.2) is 42.1 Å². The molecule has 0 aromatic heterocycles. The van der Waals surface area contributed by atoms with Crippen molar-refractivity contribution in [2.75, 3.05) is 18.0 Å². The van der Waals surface area contributed by atoms with Crippen LogP contribution in [0.3, 0.4) is 0 Å². The molecular formula is C39H50KN2O4S+. The van der Waals surface area contributed by atoms with Gasteiger partial charge in [0.2, 0.25) is 5.69 Å². The number of anilines is 1. The number of allylic oxidation sites excluding steroid dienone is 8. The maximum absolute atomic E-state index is 12.1. The summed E-state index contributed by atoms with van der Waals surface area (Å²) < 4.78 is 37.7. The Morgan fingerprint density at radius 1 is 0.915 bits per heavy atom. The zero-order valence-electron chi connectivity index (χ0n) is 29.8. The van der Waals surface area contributed by atoms with E-state index in [1.807, 2.05) is 38.2 Å². The molecule has 246 valence electrons. The van der Waals surface area contributed by atoms with Crippen LogP contribution in [0.1, 0.15) is 90.8 Å². The van der Waals surface area contributed by atoms with Crippen LogP contribution >= 0.6 is 0 Å². The van der Waals surface area contributed by atoms with E-state index in [1.54, 1.807) is 6.07 Å². The standard InChI is InChI=1S/C39H50N2O4S.K/c1-9-40-33-23-21-29(4)26-31(33)38(5,6)36(40)19-15-11-10-12-16-20-37-39(7,8)32-27-30(46(43,44)45)22-24-34(32)41(37)25-17-13-14-18-35(42)28(2)3;/h10-12,15-16,19-24,26-28H,9,13-14,17-18,25H2,1-8H3;/q;+1. The average molecular weight is 682 g/mol. The first kappa shape index (κ1) is 39.5. The van der Waals surface area contributed by atoms with E-state index in [2.05, 4.69) is 87.4 Å². The number of fused-ring (bicyclic) bond motifs is 2. The number of carbonyl (C=O) groups is 1. The molecule has 6 nitrogen and oxygen atoms in total. The molecule has 0 saturated heterocycles. The molecule has 2 aliphatic rings. The van der Waals surface area contributed by atoms with Gasteiger partial charge in [-0.2, -0.15) is 4.58 Å². The second kappa shape index (κ2) is 16.2. The van der Waals surface area contributed by atoms with Crippen LogP contribution in [0.2, 0.25) is 0 Å². The fourth-order valence-electron chi connectivity index (χ4n) is 6.70. The number of rotatable bonds is 13. The monoisotopic (exact) mass is 681 g/mol. The molecule has 0 unspecified atom stereocenters. The number of carbonyl (C=O) groups excluding carboxylic acids is 1. The Bertz CT molecular complexity index is 1740. The Balaban J connectivity index is 0.00000600. The molecule has 0 spiro atoms. The third-order valence-electron chi connectivity index (χ3n) is 9.42. The van der Waals surface area contributed by atoms with Crippen molar-refractivity contribution in [3.8, 4) is 0 Å². The summed E-state index contributed by atoms with van der Waals surface area (Å²) in [5.41, 5.74) is 7.39. The number of hydrogen-bond acceptors (Lipinski definition) is 5. The van der Waals surface area contributed by atoms with Crippen LogP contribution in [0.25, 0.3) is 0 Å². The van der Waals surface area contributed by atoms with Gasteiger partial charge in [0.15, 0.2) is 5.71 Å². The quantitative estimate of drug-likeness (QED) is 0.0926. The van der Waals surface area contributed by atoms with Crippen molar-refractivity contribution in [3.05, 3.63) is 101 Å². The van der Waals surface area contributed by atoms with Crippen molar-refractivity contribution in [2.45, 2.75) is 96.8 Å². The molecular weight excluding hydrogens is 632 g/mol. The van der Waals surface area contributed by atoms with E-state index in [9.17, 15) is 17.8 Å². The molecule has 0 N–H and O–H groups in total. The third-order valence-corrected chi connectivity index (χ3v) is 10.2. The molecule has 0 bridgehead atoms. The van der Waals surface area contributed by atoms with E-state index in [0.29, 0.717) is 12.2 Å². The zero-order valence-corrected chi connectivity index (χ0v) is 33.7. The first-order valence-electron chi connectivity index (χ1n) is 16.5. The van der Waals surface area contributed by atoms with Crippen LogP contribution in [0.15, 0.2) is 89.5 Å². The number of ketones is 1.